The maximum atomic E-state index is 5.67. The molecule has 0 aliphatic rings. The molecular formula is C10H13N5O. The summed E-state index contributed by atoms with van der Waals surface area (Å²) in [6.07, 6.45) is 3.70. The summed E-state index contributed by atoms with van der Waals surface area (Å²) in [4.78, 5) is 8.08. The Labute approximate surface area is 92.9 Å². The number of pyridine rings is 1. The third kappa shape index (κ3) is 2.47. The van der Waals surface area contributed by atoms with Crippen molar-refractivity contribution in [3.63, 3.8) is 0 Å². The van der Waals surface area contributed by atoms with Gasteiger partial charge in [-0.25, -0.2) is 4.98 Å². The van der Waals surface area contributed by atoms with E-state index in [-0.39, 0.29) is 0 Å². The van der Waals surface area contributed by atoms with Crippen LogP contribution < -0.4 is 11.1 Å². The second-order valence-electron chi connectivity index (χ2n) is 3.44. The Morgan fingerprint density at radius 3 is 3.00 bits per heavy atom. The van der Waals surface area contributed by atoms with Gasteiger partial charge in [0.25, 0.3) is 0 Å². The van der Waals surface area contributed by atoms with Crippen LogP contribution in [-0.2, 0) is 6.42 Å². The molecule has 2 rings (SSSR count). The van der Waals surface area contributed by atoms with Crippen molar-refractivity contribution < 1.29 is 4.52 Å². The van der Waals surface area contributed by atoms with Gasteiger partial charge < -0.3 is 15.6 Å². The van der Waals surface area contributed by atoms with E-state index in [0.29, 0.717) is 24.5 Å². The third-order valence-corrected chi connectivity index (χ3v) is 2.20. The number of aromatic nitrogens is 3. The van der Waals surface area contributed by atoms with Crippen LogP contribution >= 0.6 is 0 Å². The van der Waals surface area contributed by atoms with Gasteiger partial charge in [-0.15, -0.1) is 0 Å². The number of nitrogens with two attached hydrogens (primary N) is 1. The summed E-state index contributed by atoms with van der Waals surface area (Å²) in [7, 11) is 0. The first-order chi connectivity index (χ1) is 7.75. The third-order valence-electron chi connectivity index (χ3n) is 2.20. The zero-order valence-corrected chi connectivity index (χ0v) is 8.97. The van der Waals surface area contributed by atoms with Crippen LogP contribution in [-0.4, -0.2) is 21.7 Å². The van der Waals surface area contributed by atoms with Crippen molar-refractivity contribution in [2.24, 2.45) is 0 Å². The first-order valence-corrected chi connectivity index (χ1v) is 4.97. The Bertz CT molecular complexity index is 454. The number of anilines is 2. The van der Waals surface area contributed by atoms with Gasteiger partial charge >= 0.3 is 0 Å². The Morgan fingerprint density at radius 2 is 2.31 bits per heavy atom. The number of rotatable bonds is 4. The second-order valence-corrected chi connectivity index (χ2v) is 3.44. The molecule has 0 bridgehead atoms. The number of nitrogens with one attached hydrogen (secondary N) is 1. The van der Waals surface area contributed by atoms with Crippen LogP contribution in [0.2, 0.25) is 0 Å². The standard InChI is InChI=1S/C10H13N5O/c1-7-4-9(13-5-8(7)11)12-3-2-10-14-6-15-16-10/h4-6H,2-3,11H2,1H3,(H,12,13). The maximum absolute atomic E-state index is 5.67. The smallest absolute Gasteiger partial charge is 0.228 e. The lowest BCUT2D eigenvalue weighted by Crippen LogP contribution is -2.07. The summed E-state index contributed by atoms with van der Waals surface area (Å²) in [6.45, 7) is 2.64. The largest absolute Gasteiger partial charge is 0.397 e. The first-order valence-electron chi connectivity index (χ1n) is 4.97. The summed E-state index contributed by atoms with van der Waals surface area (Å²) in [5.41, 5.74) is 7.38. The molecule has 0 saturated heterocycles. The fourth-order valence-electron chi connectivity index (χ4n) is 1.27. The molecule has 0 saturated carbocycles. The van der Waals surface area contributed by atoms with Gasteiger partial charge in [-0.1, -0.05) is 5.16 Å². The molecule has 0 aliphatic heterocycles. The van der Waals surface area contributed by atoms with Crippen molar-refractivity contribution in [1.29, 1.82) is 0 Å². The monoisotopic (exact) mass is 219 g/mol. The number of hydrogen-bond acceptors (Lipinski definition) is 6. The molecule has 0 amide bonds. The Kier molecular flexibility index (Phi) is 3.00. The summed E-state index contributed by atoms with van der Waals surface area (Å²) < 4.78 is 4.87. The van der Waals surface area contributed by atoms with Crippen molar-refractivity contribution >= 4 is 11.5 Å². The molecule has 3 N–H and O–H groups in total. The van der Waals surface area contributed by atoms with Gasteiger partial charge in [0, 0.05) is 13.0 Å². The molecule has 6 heteroatoms. The lowest BCUT2D eigenvalue weighted by molar-refractivity contribution is 0.379. The molecule has 2 aromatic rings. The van der Waals surface area contributed by atoms with Gasteiger partial charge in [-0.3, -0.25) is 0 Å². The molecule has 0 fully saturated rings. The normalized spacial score (nSPS) is 10.3. The second kappa shape index (κ2) is 4.61. The molecule has 0 unspecified atom stereocenters. The van der Waals surface area contributed by atoms with E-state index >= 15 is 0 Å². The summed E-state index contributed by atoms with van der Waals surface area (Å²) in [5.74, 6) is 1.41. The van der Waals surface area contributed by atoms with Gasteiger partial charge in [0.05, 0.1) is 11.9 Å². The first kappa shape index (κ1) is 10.4. The highest BCUT2D eigenvalue weighted by Gasteiger charge is 2.00. The van der Waals surface area contributed by atoms with Crippen LogP contribution in [0.25, 0.3) is 0 Å². The van der Waals surface area contributed by atoms with Gasteiger partial charge in [0.15, 0.2) is 6.33 Å². The van der Waals surface area contributed by atoms with Gasteiger partial charge in [-0.2, -0.15) is 4.98 Å². The molecule has 16 heavy (non-hydrogen) atoms. The highest BCUT2D eigenvalue weighted by molar-refractivity contribution is 5.50. The molecule has 2 aromatic heterocycles. The van der Waals surface area contributed by atoms with E-state index in [9.17, 15) is 0 Å². The van der Waals surface area contributed by atoms with Crippen LogP contribution in [0.3, 0.4) is 0 Å². The number of hydrogen-bond donors (Lipinski definition) is 2. The zero-order chi connectivity index (χ0) is 11.4. The van der Waals surface area contributed by atoms with Crippen molar-refractivity contribution in [3.05, 3.63) is 30.0 Å². The fraction of sp³-hybridized carbons (Fsp3) is 0.300. The van der Waals surface area contributed by atoms with Gasteiger partial charge in [-0.05, 0) is 18.6 Å². The topological polar surface area (TPSA) is 89.9 Å². The molecule has 0 atom stereocenters. The minimum absolute atomic E-state index is 0.611. The average Bonchev–Trinajstić information content (AvgIpc) is 2.76. The Balaban J connectivity index is 1.87. The predicted octanol–water partition coefficient (Wildman–Crippen LogP) is 1.01. The van der Waals surface area contributed by atoms with E-state index in [0.717, 1.165) is 11.4 Å². The van der Waals surface area contributed by atoms with Crippen molar-refractivity contribution in [1.82, 2.24) is 15.1 Å². The molecule has 0 aliphatic carbocycles. The van der Waals surface area contributed by atoms with E-state index in [2.05, 4.69) is 20.4 Å². The van der Waals surface area contributed by atoms with E-state index in [4.69, 9.17) is 10.3 Å². The lowest BCUT2D eigenvalue weighted by atomic mass is 10.2. The fourth-order valence-corrected chi connectivity index (χ4v) is 1.27. The van der Waals surface area contributed by atoms with Crippen LogP contribution in [0, 0.1) is 6.92 Å². The highest BCUT2D eigenvalue weighted by Crippen LogP contribution is 2.12. The predicted molar refractivity (Wildman–Crippen MR) is 59.9 cm³/mol. The minimum Gasteiger partial charge on any atom is -0.397 e. The molecule has 0 radical (unpaired) electrons. The van der Waals surface area contributed by atoms with E-state index < -0.39 is 0 Å². The Morgan fingerprint density at radius 1 is 1.44 bits per heavy atom. The maximum Gasteiger partial charge on any atom is 0.228 e. The summed E-state index contributed by atoms with van der Waals surface area (Å²) in [5, 5.41) is 6.68. The minimum atomic E-state index is 0.611. The van der Waals surface area contributed by atoms with Crippen LogP contribution in [0.15, 0.2) is 23.1 Å². The molecular weight excluding hydrogens is 206 g/mol. The summed E-state index contributed by atoms with van der Waals surface area (Å²) >= 11 is 0. The van der Waals surface area contributed by atoms with E-state index in [1.807, 2.05) is 13.0 Å². The van der Waals surface area contributed by atoms with Crippen LogP contribution in [0.5, 0.6) is 0 Å². The average molecular weight is 219 g/mol. The van der Waals surface area contributed by atoms with E-state index in [1.165, 1.54) is 6.33 Å². The number of nitrogens with zero attached hydrogens (tertiary/aromatic N) is 3. The lowest BCUT2D eigenvalue weighted by Gasteiger charge is -2.05. The number of aryl methyl sites for hydroxylation is 1. The van der Waals surface area contributed by atoms with Crippen molar-refractivity contribution in [2.75, 3.05) is 17.6 Å². The quantitative estimate of drug-likeness (QED) is 0.797. The molecule has 0 aromatic carbocycles. The SMILES string of the molecule is Cc1cc(NCCc2ncno2)ncc1N. The van der Waals surface area contributed by atoms with Crippen LogP contribution in [0.1, 0.15) is 11.5 Å². The highest BCUT2D eigenvalue weighted by atomic mass is 16.5. The van der Waals surface area contributed by atoms with Gasteiger partial charge in [0.1, 0.15) is 5.82 Å². The van der Waals surface area contributed by atoms with Crippen molar-refractivity contribution in [2.45, 2.75) is 13.3 Å². The molecule has 2 heterocycles. The molecule has 0 spiro atoms. The van der Waals surface area contributed by atoms with Gasteiger partial charge in [0.2, 0.25) is 5.89 Å². The molecule has 84 valence electrons. The number of nitrogen functional groups attached to an aromatic ring is 1. The van der Waals surface area contributed by atoms with Crippen molar-refractivity contribution in [3.8, 4) is 0 Å². The summed E-state index contributed by atoms with van der Waals surface area (Å²) in [6, 6.07) is 1.91. The van der Waals surface area contributed by atoms with E-state index in [1.54, 1.807) is 6.20 Å². The van der Waals surface area contributed by atoms with Crippen LogP contribution in [0.4, 0.5) is 11.5 Å². The zero-order valence-electron chi connectivity index (χ0n) is 8.97. The molecule has 6 nitrogen and oxygen atoms in total. The Hall–Kier alpha value is -2.11.